The Morgan fingerprint density at radius 2 is 1.78 bits per heavy atom. The summed E-state index contributed by atoms with van der Waals surface area (Å²) in [6, 6.07) is 20.7. The number of aromatic nitrogens is 1. The van der Waals surface area contributed by atoms with Crippen LogP contribution >= 0.6 is 22.9 Å². The van der Waals surface area contributed by atoms with Crippen molar-refractivity contribution in [2.24, 2.45) is 0 Å². The second-order valence-electron chi connectivity index (χ2n) is 7.03. The summed E-state index contributed by atoms with van der Waals surface area (Å²) in [4.78, 5) is 17.1. The van der Waals surface area contributed by atoms with Crippen molar-refractivity contribution in [1.29, 1.82) is 0 Å². The van der Waals surface area contributed by atoms with E-state index >= 15 is 0 Å². The molecule has 6 nitrogen and oxygen atoms in total. The number of thiazole rings is 1. The van der Waals surface area contributed by atoms with Crippen LogP contribution < -0.4 is 5.32 Å². The van der Waals surface area contributed by atoms with Gasteiger partial charge in [-0.2, -0.15) is 4.31 Å². The quantitative estimate of drug-likeness (QED) is 0.379. The number of carbonyl (C=O) groups excluding carboxylic acids is 1. The molecule has 0 radical (unpaired) electrons. The molecule has 9 heteroatoms. The van der Waals surface area contributed by atoms with Crippen LogP contribution in [0.25, 0.3) is 10.2 Å². The summed E-state index contributed by atoms with van der Waals surface area (Å²) in [5.41, 5.74) is 1.99. The van der Waals surface area contributed by atoms with Gasteiger partial charge in [0.25, 0.3) is 5.91 Å². The van der Waals surface area contributed by atoms with Crippen molar-refractivity contribution >= 4 is 54.2 Å². The van der Waals surface area contributed by atoms with Gasteiger partial charge in [-0.25, -0.2) is 13.4 Å². The third kappa shape index (κ3) is 4.83. The number of halogens is 1. The lowest BCUT2D eigenvalue weighted by molar-refractivity contribution is 0.102. The summed E-state index contributed by atoms with van der Waals surface area (Å²) in [7, 11) is -3.69. The number of nitrogens with one attached hydrogen (secondary N) is 1. The van der Waals surface area contributed by atoms with Gasteiger partial charge < -0.3 is 0 Å². The zero-order valence-electron chi connectivity index (χ0n) is 17.2. The van der Waals surface area contributed by atoms with Crippen LogP contribution in [-0.4, -0.2) is 30.2 Å². The van der Waals surface area contributed by atoms with E-state index in [-0.39, 0.29) is 17.3 Å². The molecule has 4 rings (SSSR count). The topological polar surface area (TPSA) is 79.4 Å². The van der Waals surface area contributed by atoms with Crippen LogP contribution in [0.4, 0.5) is 5.13 Å². The number of sulfonamides is 1. The Labute approximate surface area is 195 Å². The third-order valence-electron chi connectivity index (χ3n) is 4.88. The van der Waals surface area contributed by atoms with Crippen LogP contribution in [0, 0.1) is 0 Å². The number of rotatable bonds is 7. The van der Waals surface area contributed by atoms with Crippen molar-refractivity contribution < 1.29 is 13.2 Å². The molecule has 0 spiro atoms. The first-order valence-electron chi connectivity index (χ1n) is 9.88. The van der Waals surface area contributed by atoms with Crippen molar-refractivity contribution in [3.8, 4) is 0 Å². The van der Waals surface area contributed by atoms with E-state index in [4.69, 9.17) is 11.6 Å². The van der Waals surface area contributed by atoms with Gasteiger partial charge in [-0.3, -0.25) is 10.1 Å². The molecule has 1 amide bonds. The van der Waals surface area contributed by atoms with Gasteiger partial charge in [0.2, 0.25) is 10.0 Å². The molecule has 3 aromatic carbocycles. The van der Waals surface area contributed by atoms with Gasteiger partial charge in [0.15, 0.2) is 5.13 Å². The van der Waals surface area contributed by atoms with Crippen molar-refractivity contribution in [3.05, 3.63) is 88.9 Å². The predicted octanol–water partition coefficient (Wildman–Crippen LogP) is 5.41. The lowest BCUT2D eigenvalue weighted by atomic mass is 10.2. The van der Waals surface area contributed by atoms with Gasteiger partial charge in [0.1, 0.15) is 0 Å². The number of benzene rings is 3. The molecule has 0 aliphatic rings. The Hall–Kier alpha value is -2.78. The SMILES string of the molecule is CCN(Cc1ccccc1)S(=O)(=O)c1ccc(C(=O)Nc2nc3ccc(Cl)cc3s2)cc1. The molecule has 0 saturated carbocycles. The molecular weight excluding hydrogens is 466 g/mol. The van der Waals surface area contributed by atoms with Gasteiger partial charge in [0, 0.05) is 23.7 Å². The number of fused-ring (bicyclic) bond motifs is 1. The maximum absolute atomic E-state index is 13.1. The lowest BCUT2D eigenvalue weighted by Crippen LogP contribution is -2.30. The monoisotopic (exact) mass is 485 g/mol. The van der Waals surface area contributed by atoms with Crippen LogP contribution in [0.2, 0.25) is 5.02 Å². The fraction of sp³-hybridized carbons (Fsp3) is 0.130. The van der Waals surface area contributed by atoms with Gasteiger partial charge in [-0.15, -0.1) is 0 Å². The van der Waals surface area contributed by atoms with Crippen molar-refractivity contribution in [2.45, 2.75) is 18.4 Å². The van der Waals surface area contributed by atoms with Crippen molar-refractivity contribution in [1.82, 2.24) is 9.29 Å². The summed E-state index contributed by atoms with van der Waals surface area (Å²) in [5, 5.41) is 3.81. The van der Waals surface area contributed by atoms with E-state index in [1.165, 1.54) is 39.9 Å². The smallest absolute Gasteiger partial charge is 0.257 e. The van der Waals surface area contributed by atoms with Gasteiger partial charge in [-0.05, 0) is 48.0 Å². The predicted molar refractivity (Wildman–Crippen MR) is 129 cm³/mol. The summed E-state index contributed by atoms with van der Waals surface area (Å²) in [5.74, 6) is -0.365. The fourth-order valence-corrected chi connectivity index (χ4v) is 5.78. The number of carbonyl (C=O) groups is 1. The van der Waals surface area contributed by atoms with Gasteiger partial charge >= 0.3 is 0 Å². The van der Waals surface area contributed by atoms with E-state index in [1.54, 1.807) is 25.1 Å². The molecule has 164 valence electrons. The first-order valence-corrected chi connectivity index (χ1v) is 12.5. The lowest BCUT2D eigenvalue weighted by Gasteiger charge is -2.20. The maximum atomic E-state index is 13.1. The van der Waals surface area contributed by atoms with Gasteiger partial charge in [0.05, 0.1) is 15.1 Å². The number of nitrogens with zero attached hydrogens (tertiary/aromatic N) is 2. The molecule has 1 aromatic heterocycles. The zero-order valence-corrected chi connectivity index (χ0v) is 19.5. The largest absolute Gasteiger partial charge is 0.298 e. The highest BCUT2D eigenvalue weighted by atomic mass is 35.5. The number of amides is 1. The van der Waals surface area contributed by atoms with Gasteiger partial charge in [-0.1, -0.05) is 60.2 Å². The highest BCUT2D eigenvalue weighted by Crippen LogP contribution is 2.28. The molecule has 0 aliphatic heterocycles. The molecule has 1 heterocycles. The molecule has 0 saturated heterocycles. The molecular formula is C23H20ClN3O3S2. The van der Waals surface area contributed by atoms with Crippen LogP contribution in [-0.2, 0) is 16.6 Å². The van der Waals surface area contributed by atoms with Crippen LogP contribution in [0.5, 0.6) is 0 Å². The van der Waals surface area contributed by atoms with Crippen LogP contribution in [0.3, 0.4) is 0 Å². The van der Waals surface area contributed by atoms with Crippen molar-refractivity contribution in [2.75, 3.05) is 11.9 Å². The van der Waals surface area contributed by atoms with E-state index in [0.29, 0.717) is 22.3 Å². The molecule has 32 heavy (non-hydrogen) atoms. The highest BCUT2D eigenvalue weighted by Gasteiger charge is 2.23. The number of hydrogen-bond acceptors (Lipinski definition) is 5. The summed E-state index contributed by atoms with van der Waals surface area (Å²) in [6.45, 7) is 2.41. The maximum Gasteiger partial charge on any atom is 0.257 e. The summed E-state index contributed by atoms with van der Waals surface area (Å²) < 4.78 is 28.4. The number of anilines is 1. The first-order chi connectivity index (χ1) is 15.4. The average Bonchev–Trinajstić information content (AvgIpc) is 3.19. The molecule has 0 fully saturated rings. The minimum Gasteiger partial charge on any atom is -0.298 e. The first kappa shape index (κ1) is 22.4. The van der Waals surface area contributed by atoms with Crippen LogP contribution in [0.1, 0.15) is 22.8 Å². The third-order valence-corrected chi connectivity index (χ3v) is 7.98. The normalized spacial score (nSPS) is 11.7. The Balaban J connectivity index is 1.50. The highest BCUT2D eigenvalue weighted by molar-refractivity contribution is 7.89. The van der Waals surface area contributed by atoms with E-state index in [1.807, 2.05) is 30.3 Å². The molecule has 0 atom stereocenters. The number of hydrogen-bond donors (Lipinski definition) is 1. The molecule has 4 aromatic rings. The summed E-state index contributed by atoms with van der Waals surface area (Å²) in [6.07, 6.45) is 0. The Morgan fingerprint density at radius 1 is 1.06 bits per heavy atom. The van der Waals surface area contributed by atoms with E-state index in [2.05, 4.69) is 10.3 Å². The van der Waals surface area contributed by atoms with E-state index in [0.717, 1.165) is 15.8 Å². The molecule has 0 bridgehead atoms. The summed E-state index contributed by atoms with van der Waals surface area (Å²) >= 11 is 7.32. The standard InChI is InChI=1S/C23H20ClN3O3S2/c1-2-27(15-16-6-4-3-5-7-16)32(29,30)19-11-8-17(9-12-19)22(28)26-23-25-20-13-10-18(24)14-21(20)31-23/h3-14H,2,15H2,1H3,(H,25,26,28). The minimum absolute atomic E-state index is 0.140. The fourth-order valence-electron chi connectivity index (χ4n) is 3.20. The second kappa shape index (κ2) is 9.38. The van der Waals surface area contributed by atoms with Crippen molar-refractivity contribution in [3.63, 3.8) is 0 Å². The Bertz CT molecular complexity index is 1350. The van der Waals surface area contributed by atoms with Crippen LogP contribution in [0.15, 0.2) is 77.7 Å². The van der Waals surface area contributed by atoms with E-state index in [9.17, 15) is 13.2 Å². The van der Waals surface area contributed by atoms with E-state index < -0.39 is 10.0 Å². The average molecular weight is 486 g/mol. The molecule has 1 N–H and O–H groups in total. The molecule has 0 unspecified atom stereocenters. The molecule has 0 aliphatic carbocycles. The Morgan fingerprint density at radius 3 is 2.47 bits per heavy atom. The minimum atomic E-state index is -3.69. The Kier molecular flexibility index (Phi) is 6.57. The zero-order chi connectivity index (χ0) is 22.7. The second-order valence-corrected chi connectivity index (χ2v) is 10.4.